The molecule has 1 fully saturated rings. The second-order valence-electron chi connectivity index (χ2n) is 9.73. The average molecular weight is 505 g/mol. The second kappa shape index (κ2) is 10.7. The predicted molar refractivity (Wildman–Crippen MR) is 138 cm³/mol. The quantitative estimate of drug-likeness (QED) is 0.283. The summed E-state index contributed by atoms with van der Waals surface area (Å²) < 4.78 is 39.1. The number of nitrogens with zero attached hydrogens (tertiary/aromatic N) is 1. The third kappa shape index (κ3) is 5.52. The molecular formula is C30H30F2N2O3. The zero-order valence-corrected chi connectivity index (χ0v) is 21.0. The fraction of sp³-hybridized carbons (Fsp3) is 0.300. The molecule has 1 aliphatic heterocycles. The number of hydrogen-bond donors (Lipinski definition) is 1. The summed E-state index contributed by atoms with van der Waals surface area (Å²) in [4.78, 5) is 19.3. The Morgan fingerprint density at radius 1 is 1.03 bits per heavy atom. The Morgan fingerprint density at radius 3 is 2.51 bits per heavy atom. The predicted octanol–water partition coefficient (Wildman–Crippen LogP) is 6.93. The Kier molecular flexibility index (Phi) is 7.24. The van der Waals surface area contributed by atoms with Gasteiger partial charge in [0.15, 0.2) is 17.9 Å². The lowest BCUT2D eigenvalue weighted by molar-refractivity contribution is -0.0389. The lowest BCUT2D eigenvalue weighted by atomic mass is 10.0. The summed E-state index contributed by atoms with van der Waals surface area (Å²) in [5.41, 5.74) is 3.65. The van der Waals surface area contributed by atoms with Crippen molar-refractivity contribution in [1.82, 2.24) is 9.88 Å². The molecule has 0 aliphatic carbocycles. The van der Waals surface area contributed by atoms with Crippen molar-refractivity contribution in [3.8, 4) is 5.75 Å². The lowest BCUT2D eigenvalue weighted by Gasteiger charge is -2.24. The van der Waals surface area contributed by atoms with Crippen molar-refractivity contribution < 1.29 is 23.0 Å². The Bertz CT molecular complexity index is 1390. The molecule has 1 aliphatic rings. The van der Waals surface area contributed by atoms with Gasteiger partial charge in [0.25, 0.3) is 5.91 Å². The molecule has 37 heavy (non-hydrogen) atoms. The van der Waals surface area contributed by atoms with Gasteiger partial charge in [0.05, 0.1) is 17.7 Å². The Labute approximate surface area is 215 Å². The number of benzene rings is 3. The van der Waals surface area contributed by atoms with Gasteiger partial charge in [-0.3, -0.25) is 4.79 Å². The summed E-state index contributed by atoms with van der Waals surface area (Å²) in [7, 11) is 0. The van der Waals surface area contributed by atoms with Crippen LogP contribution in [0.25, 0.3) is 10.9 Å². The fourth-order valence-electron chi connectivity index (χ4n) is 4.75. The molecule has 5 rings (SSSR count). The first-order valence-electron chi connectivity index (χ1n) is 12.6. The maximum Gasteiger partial charge on any atom is 0.256 e. The van der Waals surface area contributed by atoms with Crippen molar-refractivity contribution in [1.29, 1.82) is 0 Å². The van der Waals surface area contributed by atoms with Crippen LogP contribution in [0.2, 0.25) is 0 Å². The molecule has 5 nitrogen and oxygen atoms in total. The zero-order valence-electron chi connectivity index (χ0n) is 21.0. The van der Waals surface area contributed by atoms with E-state index >= 15 is 0 Å². The molecule has 1 saturated heterocycles. The minimum Gasteiger partial charge on any atom is -0.465 e. The van der Waals surface area contributed by atoms with Gasteiger partial charge in [-0.1, -0.05) is 50.2 Å². The Hall–Kier alpha value is -3.71. The molecule has 3 aromatic carbocycles. The van der Waals surface area contributed by atoms with Crippen LogP contribution in [0.1, 0.15) is 59.8 Å². The molecule has 1 atom stereocenters. The number of carbonyl (C=O) groups is 1. The third-order valence-electron chi connectivity index (χ3n) is 6.61. The van der Waals surface area contributed by atoms with Crippen LogP contribution in [0.15, 0.2) is 66.7 Å². The van der Waals surface area contributed by atoms with Gasteiger partial charge < -0.3 is 19.4 Å². The van der Waals surface area contributed by atoms with Crippen LogP contribution in [0, 0.1) is 11.6 Å². The number of H-pyrrole nitrogens is 1. The standard InChI is InChI=1S/C30H30F2N2O3/c1-19(2)29-28(23-12-11-22(16-26(23)33-29)37-27-9-6-14-36-27)30(35)34(17-20-7-4-3-5-8-20)18-21-10-13-24(31)25(32)15-21/h3-5,7-8,10-13,15-16,19,27,33H,6,9,14,17-18H2,1-2H3. The zero-order chi connectivity index (χ0) is 25.9. The number of amides is 1. The highest BCUT2D eigenvalue weighted by Crippen LogP contribution is 2.33. The van der Waals surface area contributed by atoms with Gasteiger partial charge in [-0.2, -0.15) is 0 Å². The number of nitrogens with one attached hydrogen (secondary N) is 1. The van der Waals surface area contributed by atoms with Crippen LogP contribution in [0.4, 0.5) is 8.78 Å². The maximum absolute atomic E-state index is 14.2. The average Bonchev–Trinajstić information content (AvgIpc) is 3.54. The van der Waals surface area contributed by atoms with Gasteiger partial charge in [-0.05, 0) is 47.7 Å². The molecule has 1 amide bonds. The maximum atomic E-state index is 14.2. The van der Waals surface area contributed by atoms with E-state index in [1.807, 2.05) is 62.4 Å². The van der Waals surface area contributed by atoms with Crippen LogP contribution in [-0.4, -0.2) is 28.7 Å². The van der Waals surface area contributed by atoms with E-state index in [9.17, 15) is 13.6 Å². The molecule has 0 saturated carbocycles. The van der Waals surface area contributed by atoms with E-state index in [0.717, 1.165) is 47.1 Å². The number of ether oxygens (including phenoxy) is 2. The first kappa shape index (κ1) is 25.0. The van der Waals surface area contributed by atoms with Gasteiger partial charge in [-0.25, -0.2) is 8.78 Å². The SMILES string of the molecule is CC(C)c1[nH]c2cc(OC3CCCO3)ccc2c1C(=O)N(Cc1ccccc1)Cc1ccc(F)c(F)c1. The number of rotatable bonds is 8. The summed E-state index contributed by atoms with van der Waals surface area (Å²) in [5, 5.41) is 0.789. The molecule has 0 radical (unpaired) electrons. The summed E-state index contributed by atoms with van der Waals surface area (Å²) in [6, 6.07) is 19.0. The van der Waals surface area contributed by atoms with E-state index in [0.29, 0.717) is 30.0 Å². The van der Waals surface area contributed by atoms with Crippen LogP contribution in [-0.2, 0) is 17.8 Å². The van der Waals surface area contributed by atoms with Crippen molar-refractivity contribution in [3.63, 3.8) is 0 Å². The van der Waals surface area contributed by atoms with E-state index in [4.69, 9.17) is 9.47 Å². The molecule has 1 N–H and O–H groups in total. The summed E-state index contributed by atoms with van der Waals surface area (Å²) >= 11 is 0. The van der Waals surface area contributed by atoms with E-state index in [1.54, 1.807) is 4.90 Å². The highest BCUT2D eigenvalue weighted by Gasteiger charge is 2.26. The molecule has 7 heteroatoms. The van der Waals surface area contributed by atoms with Gasteiger partial charge in [-0.15, -0.1) is 0 Å². The monoisotopic (exact) mass is 504 g/mol. The van der Waals surface area contributed by atoms with E-state index < -0.39 is 11.6 Å². The normalized spacial score (nSPS) is 15.4. The second-order valence-corrected chi connectivity index (χ2v) is 9.73. The van der Waals surface area contributed by atoms with Crippen molar-refractivity contribution >= 4 is 16.8 Å². The molecular weight excluding hydrogens is 474 g/mol. The fourth-order valence-corrected chi connectivity index (χ4v) is 4.75. The largest absolute Gasteiger partial charge is 0.465 e. The van der Waals surface area contributed by atoms with E-state index in [-0.39, 0.29) is 24.7 Å². The number of aromatic nitrogens is 1. The summed E-state index contributed by atoms with van der Waals surface area (Å²) in [5.74, 6) is -1.30. The molecule has 4 aromatic rings. The van der Waals surface area contributed by atoms with Crippen molar-refractivity contribution in [2.24, 2.45) is 0 Å². The van der Waals surface area contributed by atoms with Gasteiger partial charge in [0.1, 0.15) is 5.75 Å². The smallest absolute Gasteiger partial charge is 0.256 e. The van der Waals surface area contributed by atoms with Gasteiger partial charge >= 0.3 is 0 Å². The minimum absolute atomic E-state index is 0.0516. The van der Waals surface area contributed by atoms with Crippen LogP contribution < -0.4 is 4.74 Å². The van der Waals surface area contributed by atoms with Crippen molar-refractivity contribution in [2.75, 3.05) is 6.61 Å². The number of hydrogen-bond acceptors (Lipinski definition) is 3. The van der Waals surface area contributed by atoms with Crippen molar-refractivity contribution in [3.05, 3.63) is 101 Å². The minimum atomic E-state index is -0.932. The number of halogens is 2. The van der Waals surface area contributed by atoms with E-state index in [2.05, 4.69) is 4.98 Å². The first-order valence-corrected chi connectivity index (χ1v) is 12.6. The van der Waals surface area contributed by atoms with Crippen LogP contribution >= 0.6 is 0 Å². The highest BCUT2D eigenvalue weighted by atomic mass is 19.2. The first-order chi connectivity index (χ1) is 17.9. The van der Waals surface area contributed by atoms with Crippen LogP contribution in [0.3, 0.4) is 0 Å². The van der Waals surface area contributed by atoms with Gasteiger partial charge in [0, 0.05) is 36.7 Å². The van der Waals surface area contributed by atoms with Gasteiger partial charge in [0.2, 0.25) is 0 Å². The molecule has 0 bridgehead atoms. The summed E-state index contributed by atoms with van der Waals surface area (Å²) in [6.45, 7) is 5.21. The molecule has 1 aromatic heterocycles. The van der Waals surface area contributed by atoms with Crippen molar-refractivity contribution in [2.45, 2.75) is 52.0 Å². The summed E-state index contributed by atoms with van der Waals surface area (Å²) in [6.07, 6.45) is 1.57. The number of fused-ring (bicyclic) bond motifs is 1. The number of aromatic amines is 1. The molecule has 0 spiro atoms. The topological polar surface area (TPSA) is 54.6 Å². The molecule has 1 unspecified atom stereocenters. The third-order valence-corrected chi connectivity index (χ3v) is 6.61. The highest BCUT2D eigenvalue weighted by molar-refractivity contribution is 6.08. The van der Waals surface area contributed by atoms with E-state index in [1.165, 1.54) is 6.07 Å². The lowest BCUT2D eigenvalue weighted by Crippen LogP contribution is -2.31. The number of carbonyl (C=O) groups excluding carboxylic acids is 1. The Morgan fingerprint density at radius 2 is 1.81 bits per heavy atom. The Balaban J connectivity index is 1.52. The van der Waals surface area contributed by atoms with Crippen LogP contribution in [0.5, 0.6) is 5.75 Å². The molecule has 2 heterocycles. The molecule has 192 valence electrons.